The van der Waals surface area contributed by atoms with Gasteiger partial charge in [-0.25, -0.2) is 0 Å². The zero-order valence-electron chi connectivity index (χ0n) is 40.0. The summed E-state index contributed by atoms with van der Waals surface area (Å²) in [6.07, 6.45) is -7.81. The number of carbonyl (C=O) groups is 3. The lowest BCUT2D eigenvalue weighted by Crippen LogP contribution is -2.66. The molecule has 0 aromatic carbocycles. The number of methoxy groups -OCH3 is 2. The predicted molar refractivity (Wildman–Crippen MR) is 243 cm³/mol. The van der Waals surface area contributed by atoms with E-state index < -0.39 is 137 Å². The number of ketones is 1. The Kier molecular flexibility index (Phi) is 21.0. The van der Waals surface area contributed by atoms with Crippen LogP contribution in [0.25, 0.3) is 0 Å². The number of hydrogen-bond donors (Lipinski definition) is 5. The zero-order chi connectivity index (χ0) is 48.7. The molecule has 4 aliphatic heterocycles. The Labute approximate surface area is 397 Å². The number of allylic oxidation sites excluding steroid dienone is 3. The topological polar surface area (TPSA) is 239 Å². The van der Waals surface area contributed by atoms with Crippen molar-refractivity contribution in [2.75, 3.05) is 34.9 Å². The van der Waals surface area contributed by atoms with Gasteiger partial charge in [0, 0.05) is 44.8 Å². The van der Waals surface area contributed by atoms with Crippen LogP contribution in [-0.2, 0) is 57.0 Å². The Morgan fingerprint density at radius 3 is 2.14 bits per heavy atom. The average molecular weight is 1040 g/mol. The number of rotatable bonds is 13. The number of esters is 1. The van der Waals surface area contributed by atoms with Crippen LogP contribution in [-0.4, -0.2) is 185 Å². The van der Waals surface area contributed by atoms with E-state index >= 15 is 0 Å². The second-order valence-electron chi connectivity index (χ2n) is 18.9. The van der Waals surface area contributed by atoms with Crippen molar-refractivity contribution in [1.82, 2.24) is 4.90 Å². The van der Waals surface area contributed by atoms with Crippen molar-refractivity contribution < 1.29 is 82.5 Å². The fourth-order valence-corrected chi connectivity index (χ4v) is 11.1. The van der Waals surface area contributed by atoms with Gasteiger partial charge in [-0.15, -0.1) is 0 Å². The predicted octanol–water partition coefficient (Wildman–Crippen LogP) is 2.60. The fourth-order valence-electron chi connectivity index (χ4n) is 9.60. The molecule has 0 saturated carbocycles. The standard InChI is InChI=1S/C46H76INO17/c1-13-33-30(21-59-44-41(58-12)40(57-11)36(53)26(5)60-44)18-23(2)14-15-31(50)24(3)19-29(16-17-49)38(25(4)32(51)20-34(52)62-33)63-43-37(54)35(48(9)10)39(27(6)61-43)65-46(47)22-45(8,56)42(55)28(7)64-46/h14-15,17-18,24-30,32-33,35-44,51,53-56H,13,16,19-22H2,1-12H3/b15-14+,23-18+/t24-,25+,26?,27-,28?,29+,30-,32-,33-,35?,36-,37?,38-,39-,40+,41?,42+,43+,44-,45?,46-/m1/s1. The van der Waals surface area contributed by atoms with E-state index in [1.807, 2.05) is 42.5 Å². The molecule has 0 aromatic rings. The highest BCUT2D eigenvalue weighted by Crippen LogP contribution is 2.44. The number of likely N-dealkylation sites (N-methyl/N-ethyl adjacent to an activating group) is 1. The zero-order valence-corrected chi connectivity index (χ0v) is 42.1. The molecule has 4 aliphatic rings. The molecule has 4 heterocycles. The van der Waals surface area contributed by atoms with Crippen molar-refractivity contribution in [1.29, 1.82) is 0 Å². The summed E-state index contributed by atoms with van der Waals surface area (Å²) in [6.45, 7) is 13.6. The summed E-state index contributed by atoms with van der Waals surface area (Å²) in [7, 11) is 6.43. The lowest BCUT2D eigenvalue weighted by molar-refractivity contribution is -0.346. The Morgan fingerprint density at radius 2 is 1.55 bits per heavy atom. The Bertz CT molecular complexity index is 1620. The van der Waals surface area contributed by atoms with Crippen LogP contribution in [0.15, 0.2) is 23.8 Å². The molecule has 3 fully saturated rings. The minimum atomic E-state index is -1.54. The van der Waals surface area contributed by atoms with E-state index in [-0.39, 0.29) is 31.7 Å². The maximum atomic E-state index is 13.8. The number of carbonyl (C=O) groups excluding carboxylic acids is 3. The van der Waals surface area contributed by atoms with E-state index in [0.717, 1.165) is 6.29 Å². The normalized spacial score (nSPS) is 46.6. The second-order valence-corrected chi connectivity index (χ2v) is 20.6. The number of aliphatic hydroxyl groups is 5. The third kappa shape index (κ3) is 14.1. The molecule has 4 rings (SSSR count). The molecule has 19 heteroatoms. The summed E-state index contributed by atoms with van der Waals surface area (Å²) in [4.78, 5) is 41.6. The molecule has 5 N–H and O–H groups in total. The molecule has 3 saturated heterocycles. The highest BCUT2D eigenvalue weighted by molar-refractivity contribution is 14.1. The van der Waals surface area contributed by atoms with Crippen molar-refractivity contribution in [3.05, 3.63) is 23.8 Å². The molecule has 65 heavy (non-hydrogen) atoms. The first kappa shape index (κ1) is 56.1. The lowest BCUT2D eigenvalue weighted by Gasteiger charge is -2.52. The van der Waals surface area contributed by atoms with E-state index in [4.69, 9.17) is 42.6 Å². The first-order chi connectivity index (χ1) is 30.4. The summed E-state index contributed by atoms with van der Waals surface area (Å²) >= 11 is 1.96. The van der Waals surface area contributed by atoms with Gasteiger partial charge in [0.2, 0.25) is 3.79 Å². The van der Waals surface area contributed by atoms with Crippen molar-refractivity contribution >= 4 is 40.6 Å². The SMILES string of the molecule is CC[C@H]1OC(=O)C[C@@H](O)[C@H](C)[C@@H](O[C@@H]2O[C@H](C)[C@@H](O[C@@]3(I)CC(C)(O)[C@@H](O)C(C)O3)C(N(C)C)C2O)[C@@H](CC=O)C[C@@H](C)C(=O)/C=C/C(C)=C/[C@@H]1CO[C@@H]1OC(C)[C@@H](O)[C@H](OC)C1OC. The number of ether oxygens (including phenoxy) is 9. The number of aliphatic hydroxyl groups excluding tert-OH is 4. The van der Waals surface area contributed by atoms with Gasteiger partial charge < -0.3 is 77.9 Å². The van der Waals surface area contributed by atoms with Gasteiger partial charge in [0.1, 0.15) is 49.0 Å². The maximum absolute atomic E-state index is 13.8. The quantitative estimate of drug-likeness (QED) is 0.0771. The molecule has 21 atom stereocenters. The molecular formula is C46H76INO17. The van der Waals surface area contributed by atoms with E-state index in [1.165, 1.54) is 27.2 Å². The van der Waals surface area contributed by atoms with Crippen LogP contribution in [0.1, 0.15) is 87.5 Å². The molecule has 0 amide bonds. The van der Waals surface area contributed by atoms with Crippen LogP contribution in [0, 0.1) is 23.7 Å². The highest BCUT2D eigenvalue weighted by Gasteiger charge is 2.56. The highest BCUT2D eigenvalue weighted by atomic mass is 127. The van der Waals surface area contributed by atoms with Gasteiger partial charge in [-0.3, -0.25) is 9.59 Å². The Morgan fingerprint density at radius 1 is 0.908 bits per heavy atom. The first-order valence-electron chi connectivity index (χ1n) is 22.7. The van der Waals surface area contributed by atoms with Gasteiger partial charge in [0.25, 0.3) is 0 Å². The van der Waals surface area contributed by atoms with Crippen molar-refractivity contribution in [2.24, 2.45) is 23.7 Å². The Hall–Kier alpha value is -1.54. The van der Waals surface area contributed by atoms with Crippen molar-refractivity contribution in [3.63, 3.8) is 0 Å². The summed E-state index contributed by atoms with van der Waals surface area (Å²) in [6, 6.07) is -0.775. The largest absolute Gasteiger partial charge is 0.462 e. The number of aldehydes is 1. The van der Waals surface area contributed by atoms with Crippen LogP contribution in [0.4, 0.5) is 0 Å². The maximum Gasteiger partial charge on any atom is 0.308 e. The lowest BCUT2D eigenvalue weighted by atomic mass is 9.79. The molecular weight excluding hydrogens is 965 g/mol. The molecule has 374 valence electrons. The van der Waals surface area contributed by atoms with Gasteiger partial charge in [-0.05, 0) is 96.1 Å². The molecule has 0 aromatic heterocycles. The second kappa shape index (κ2) is 24.3. The number of alkyl halides is 1. The van der Waals surface area contributed by atoms with E-state index in [9.17, 15) is 39.9 Å². The van der Waals surface area contributed by atoms with Crippen LogP contribution in [0.2, 0.25) is 0 Å². The van der Waals surface area contributed by atoms with Crippen LogP contribution in [0.3, 0.4) is 0 Å². The van der Waals surface area contributed by atoms with Gasteiger partial charge in [-0.2, -0.15) is 0 Å². The van der Waals surface area contributed by atoms with Gasteiger partial charge in [0.15, 0.2) is 18.4 Å². The summed E-state index contributed by atoms with van der Waals surface area (Å²) < 4.78 is 53.7. The molecule has 0 aliphatic carbocycles. The average Bonchev–Trinajstić information content (AvgIpc) is 3.22. The van der Waals surface area contributed by atoms with E-state index in [2.05, 4.69) is 0 Å². The van der Waals surface area contributed by atoms with Gasteiger partial charge in [0.05, 0.1) is 55.2 Å². The molecule has 0 radical (unpaired) electrons. The minimum absolute atomic E-state index is 0.00970. The number of hydrogen-bond acceptors (Lipinski definition) is 18. The smallest absolute Gasteiger partial charge is 0.308 e. The van der Waals surface area contributed by atoms with E-state index in [0.29, 0.717) is 12.0 Å². The van der Waals surface area contributed by atoms with Crippen LogP contribution in [0.5, 0.6) is 0 Å². The van der Waals surface area contributed by atoms with Gasteiger partial charge >= 0.3 is 5.97 Å². The number of cyclic esters (lactones) is 1. The summed E-state index contributed by atoms with van der Waals surface area (Å²) in [5, 5.41) is 56.2. The molecule has 6 unspecified atom stereocenters. The van der Waals surface area contributed by atoms with Crippen molar-refractivity contribution in [3.8, 4) is 0 Å². The number of halogens is 1. The minimum Gasteiger partial charge on any atom is -0.462 e. The summed E-state index contributed by atoms with van der Waals surface area (Å²) in [5.41, 5.74) is -0.853. The summed E-state index contributed by atoms with van der Waals surface area (Å²) in [5.74, 6) is -3.61. The third-order valence-corrected chi connectivity index (χ3v) is 14.3. The van der Waals surface area contributed by atoms with Gasteiger partial charge in [-0.1, -0.05) is 38.5 Å². The molecule has 0 spiro atoms. The van der Waals surface area contributed by atoms with Crippen LogP contribution < -0.4 is 0 Å². The van der Waals surface area contributed by atoms with Crippen molar-refractivity contribution in [2.45, 2.75) is 189 Å². The molecule has 18 nitrogen and oxygen atoms in total. The Balaban J connectivity index is 1.63. The van der Waals surface area contributed by atoms with Crippen LogP contribution >= 0.6 is 22.6 Å². The first-order valence-corrected chi connectivity index (χ1v) is 23.8. The van der Waals surface area contributed by atoms with E-state index in [1.54, 1.807) is 59.7 Å². The molecule has 0 bridgehead atoms. The third-order valence-electron chi connectivity index (χ3n) is 13.4. The monoisotopic (exact) mass is 1040 g/mol. The fraction of sp³-hybridized carbons (Fsp3) is 0.848. The number of nitrogens with zero attached hydrogens (tertiary/aromatic N) is 1.